The summed E-state index contributed by atoms with van der Waals surface area (Å²) in [5.74, 6) is -0.265. The molecule has 0 saturated heterocycles. The fourth-order valence-corrected chi connectivity index (χ4v) is 2.53. The van der Waals surface area contributed by atoms with E-state index in [2.05, 4.69) is 28.9 Å². The van der Waals surface area contributed by atoms with Crippen LogP contribution in [0.25, 0.3) is 0 Å². The highest BCUT2D eigenvalue weighted by molar-refractivity contribution is 5.04. The highest BCUT2D eigenvalue weighted by Gasteiger charge is 2.42. The molecule has 5 nitrogen and oxygen atoms in total. The highest BCUT2D eigenvalue weighted by atomic mass is 19.4. The maximum absolute atomic E-state index is 12.8. The molecule has 2 heterocycles. The van der Waals surface area contributed by atoms with Crippen molar-refractivity contribution in [3.05, 3.63) is 11.6 Å². The summed E-state index contributed by atoms with van der Waals surface area (Å²) in [6, 6.07) is 0. The molecule has 1 aromatic rings. The third kappa shape index (κ3) is 2.42. The molecule has 0 aromatic carbocycles. The fraction of sp³-hybridized carbons (Fsp3) is 0.833. The smallest absolute Gasteiger partial charge is 0.329 e. The Bertz CT molecular complexity index is 482. The predicted octanol–water partition coefficient (Wildman–Crippen LogP) is 1.49. The first kappa shape index (κ1) is 15.2. The van der Waals surface area contributed by atoms with E-state index in [0.29, 0.717) is 31.4 Å². The Kier molecular flexibility index (Phi) is 3.81. The number of hydrogen-bond donors (Lipinski definition) is 1. The summed E-state index contributed by atoms with van der Waals surface area (Å²) in [6.45, 7) is 7.70. The lowest BCUT2D eigenvalue weighted by Crippen LogP contribution is -2.57. The minimum Gasteiger partial charge on any atom is -0.329 e. The van der Waals surface area contributed by atoms with E-state index in [-0.39, 0.29) is 12.1 Å². The Morgan fingerprint density at radius 1 is 1.25 bits per heavy atom. The molecule has 0 spiro atoms. The van der Waals surface area contributed by atoms with E-state index in [1.165, 1.54) is 0 Å². The maximum atomic E-state index is 12.8. The van der Waals surface area contributed by atoms with Gasteiger partial charge in [-0.15, -0.1) is 10.2 Å². The van der Waals surface area contributed by atoms with Gasteiger partial charge in [0.1, 0.15) is 5.82 Å². The number of alkyl halides is 3. The summed E-state index contributed by atoms with van der Waals surface area (Å²) in [7, 11) is 0. The molecule has 20 heavy (non-hydrogen) atoms. The minimum atomic E-state index is -4.46. The van der Waals surface area contributed by atoms with E-state index in [1.54, 1.807) is 0 Å². The zero-order valence-corrected chi connectivity index (χ0v) is 11.9. The van der Waals surface area contributed by atoms with Gasteiger partial charge in [0, 0.05) is 25.2 Å². The summed E-state index contributed by atoms with van der Waals surface area (Å²) in [6.07, 6.45) is -4.46. The van der Waals surface area contributed by atoms with E-state index in [9.17, 15) is 13.2 Å². The number of nitrogens with two attached hydrogens (primary N) is 1. The second-order valence-corrected chi connectivity index (χ2v) is 5.73. The molecular weight excluding hydrogens is 271 g/mol. The first-order valence-corrected chi connectivity index (χ1v) is 6.64. The number of rotatable bonds is 3. The first-order chi connectivity index (χ1) is 9.20. The second-order valence-electron chi connectivity index (χ2n) is 5.73. The van der Waals surface area contributed by atoms with Gasteiger partial charge in [0.2, 0.25) is 5.82 Å². The summed E-state index contributed by atoms with van der Waals surface area (Å²) in [4.78, 5) is 2.10. The van der Waals surface area contributed by atoms with Crippen molar-refractivity contribution < 1.29 is 13.2 Å². The fourth-order valence-electron chi connectivity index (χ4n) is 2.53. The van der Waals surface area contributed by atoms with Crippen LogP contribution in [-0.4, -0.2) is 38.3 Å². The molecular formula is C12H20F3N5. The Morgan fingerprint density at radius 3 is 2.40 bits per heavy atom. The van der Waals surface area contributed by atoms with Crippen molar-refractivity contribution in [3.8, 4) is 0 Å². The first-order valence-electron chi connectivity index (χ1n) is 6.64. The van der Waals surface area contributed by atoms with E-state index in [0.717, 1.165) is 4.57 Å². The average molecular weight is 291 g/mol. The van der Waals surface area contributed by atoms with Crippen molar-refractivity contribution in [2.75, 3.05) is 13.1 Å². The summed E-state index contributed by atoms with van der Waals surface area (Å²) in [5.41, 5.74) is 5.61. The molecule has 0 saturated carbocycles. The number of aromatic nitrogens is 3. The van der Waals surface area contributed by atoms with Crippen LogP contribution in [0.3, 0.4) is 0 Å². The van der Waals surface area contributed by atoms with Crippen molar-refractivity contribution in [2.45, 2.75) is 45.6 Å². The Balaban J connectivity index is 2.27. The lowest BCUT2D eigenvalue weighted by Gasteiger charge is -2.45. The van der Waals surface area contributed by atoms with Crippen LogP contribution in [0.2, 0.25) is 0 Å². The SMILES string of the molecule is CC(C)C(C)(CN)N1CCn2c(nnc2C(F)(F)F)C1. The van der Waals surface area contributed by atoms with Gasteiger partial charge >= 0.3 is 6.18 Å². The van der Waals surface area contributed by atoms with Crippen LogP contribution in [0.1, 0.15) is 32.4 Å². The van der Waals surface area contributed by atoms with Gasteiger partial charge in [-0.05, 0) is 12.8 Å². The minimum absolute atomic E-state index is 0.236. The van der Waals surface area contributed by atoms with Crippen molar-refractivity contribution in [1.29, 1.82) is 0 Å². The van der Waals surface area contributed by atoms with Crippen molar-refractivity contribution in [1.82, 2.24) is 19.7 Å². The van der Waals surface area contributed by atoms with Gasteiger partial charge in [-0.3, -0.25) is 4.90 Å². The molecule has 1 atom stereocenters. The van der Waals surface area contributed by atoms with Gasteiger partial charge in [0.25, 0.3) is 0 Å². The summed E-state index contributed by atoms with van der Waals surface area (Å²) in [5, 5.41) is 6.98. The molecule has 8 heteroatoms. The maximum Gasteiger partial charge on any atom is 0.451 e. The van der Waals surface area contributed by atoms with Crippen LogP contribution in [0.5, 0.6) is 0 Å². The second kappa shape index (κ2) is 5.00. The predicted molar refractivity (Wildman–Crippen MR) is 67.7 cm³/mol. The van der Waals surface area contributed by atoms with Crippen LogP contribution < -0.4 is 5.73 Å². The van der Waals surface area contributed by atoms with Crippen LogP contribution in [0.4, 0.5) is 13.2 Å². The molecule has 2 rings (SSSR count). The molecule has 0 bridgehead atoms. The molecule has 2 N–H and O–H groups in total. The van der Waals surface area contributed by atoms with Gasteiger partial charge in [0.15, 0.2) is 0 Å². The number of halogens is 3. The molecule has 1 unspecified atom stereocenters. The lowest BCUT2D eigenvalue weighted by molar-refractivity contribution is -0.148. The molecule has 1 aliphatic rings. The number of fused-ring (bicyclic) bond motifs is 1. The van der Waals surface area contributed by atoms with Crippen LogP contribution >= 0.6 is 0 Å². The molecule has 1 aromatic heterocycles. The van der Waals surface area contributed by atoms with E-state index in [4.69, 9.17) is 5.73 Å². The highest BCUT2D eigenvalue weighted by Crippen LogP contribution is 2.32. The standard InChI is InChI=1S/C12H20F3N5/c1-8(2)11(3,7-16)19-4-5-20-9(6-19)17-18-10(20)12(13,14)15/h8H,4-7,16H2,1-3H3. The molecule has 1 aliphatic heterocycles. The van der Waals surface area contributed by atoms with Crippen LogP contribution in [-0.2, 0) is 19.3 Å². The summed E-state index contributed by atoms with van der Waals surface area (Å²) >= 11 is 0. The summed E-state index contributed by atoms with van der Waals surface area (Å²) < 4.78 is 39.5. The molecule has 114 valence electrons. The van der Waals surface area contributed by atoms with Gasteiger partial charge in [-0.2, -0.15) is 13.2 Å². The van der Waals surface area contributed by atoms with E-state index >= 15 is 0 Å². The largest absolute Gasteiger partial charge is 0.451 e. The Labute approximate surface area is 115 Å². The molecule has 0 radical (unpaired) electrons. The molecule has 0 aliphatic carbocycles. The lowest BCUT2D eigenvalue weighted by atomic mass is 9.86. The van der Waals surface area contributed by atoms with E-state index < -0.39 is 12.0 Å². The topological polar surface area (TPSA) is 60.0 Å². The normalized spacial score (nSPS) is 20.0. The third-order valence-corrected chi connectivity index (χ3v) is 4.39. The number of hydrogen-bond acceptors (Lipinski definition) is 4. The molecule has 0 fully saturated rings. The van der Waals surface area contributed by atoms with Gasteiger partial charge in [0.05, 0.1) is 6.54 Å². The molecule has 0 amide bonds. The van der Waals surface area contributed by atoms with Gasteiger partial charge in [-0.25, -0.2) is 0 Å². The Hall–Kier alpha value is -1.15. The van der Waals surface area contributed by atoms with Crippen LogP contribution in [0, 0.1) is 5.92 Å². The van der Waals surface area contributed by atoms with Gasteiger partial charge in [-0.1, -0.05) is 13.8 Å². The zero-order valence-electron chi connectivity index (χ0n) is 11.9. The van der Waals surface area contributed by atoms with Crippen molar-refractivity contribution in [3.63, 3.8) is 0 Å². The zero-order chi connectivity index (χ0) is 15.1. The average Bonchev–Trinajstić information content (AvgIpc) is 2.79. The van der Waals surface area contributed by atoms with Gasteiger partial charge < -0.3 is 10.3 Å². The quantitative estimate of drug-likeness (QED) is 0.916. The monoisotopic (exact) mass is 291 g/mol. The Morgan fingerprint density at radius 2 is 1.90 bits per heavy atom. The number of nitrogens with zero attached hydrogens (tertiary/aromatic N) is 4. The van der Waals surface area contributed by atoms with E-state index in [1.807, 2.05) is 6.92 Å². The van der Waals surface area contributed by atoms with Crippen molar-refractivity contribution in [2.24, 2.45) is 11.7 Å². The van der Waals surface area contributed by atoms with Crippen molar-refractivity contribution >= 4 is 0 Å². The van der Waals surface area contributed by atoms with Crippen LogP contribution in [0.15, 0.2) is 0 Å². The third-order valence-electron chi connectivity index (χ3n) is 4.39.